The number of rotatable bonds is 6. The predicted molar refractivity (Wildman–Crippen MR) is 97.9 cm³/mol. The summed E-state index contributed by atoms with van der Waals surface area (Å²) in [6, 6.07) is 18.8. The Balaban J connectivity index is 1.66. The zero-order chi connectivity index (χ0) is 17.5. The van der Waals surface area contributed by atoms with Crippen molar-refractivity contribution in [2.45, 2.75) is 31.7 Å². The second kappa shape index (κ2) is 8.47. The third-order valence-electron chi connectivity index (χ3n) is 4.59. The van der Waals surface area contributed by atoms with Crippen LogP contribution in [0.3, 0.4) is 0 Å². The van der Waals surface area contributed by atoms with Crippen molar-refractivity contribution < 1.29 is 9.59 Å². The minimum Gasteiger partial charge on any atom is -0.341 e. The largest absolute Gasteiger partial charge is 0.341 e. The fourth-order valence-electron chi connectivity index (χ4n) is 3.19. The molecule has 0 spiro atoms. The summed E-state index contributed by atoms with van der Waals surface area (Å²) < 4.78 is 0. The molecule has 1 saturated heterocycles. The average molecular weight is 336 g/mol. The van der Waals surface area contributed by atoms with E-state index in [1.54, 1.807) is 0 Å². The van der Waals surface area contributed by atoms with Crippen LogP contribution in [0.1, 0.15) is 36.4 Å². The fourth-order valence-corrected chi connectivity index (χ4v) is 3.19. The second-order valence-corrected chi connectivity index (χ2v) is 6.43. The van der Waals surface area contributed by atoms with Crippen LogP contribution in [0.15, 0.2) is 60.7 Å². The van der Waals surface area contributed by atoms with E-state index in [1.165, 1.54) is 0 Å². The van der Waals surface area contributed by atoms with Gasteiger partial charge in [-0.25, -0.2) is 0 Å². The van der Waals surface area contributed by atoms with Gasteiger partial charge in [-0.15, -0.1) is 0 Å². The van der Waals surface area contributed by atoms with E-state index in [1.807, 2.05) is 65.6 Å². The van der Waals surface area contributed by atoms with Crippen LogP contribution in [0.4, 0.5) is 0 Å². The van der Waals surface area contributed by atoms with Gasteiger partial charge in [0.25, 0.3) is 0 Å². The van der Waals surface area contributed by atoms with Gasteiger partial charge >= 0.3 is 0 Å². The molecule has 25 heavy (non-hydrogen) atoms. The van der Waals surface area contributed by atoms with Gasteiger partial charge in [-0.1, -0.05) is 60.7 Å². The molecule has 0 radical (unpaired) electrons. The summed E-state index contributed by atoms with van der Waals surface area (Å²) in [4.78, 5) is 27.2. The van der Waals surface area contributed by atoms with Gasteiger partial charge in [0, 0.05) is 19.5 Å². The maximum Gasteiger partial charge on any atom is 0.249 e. The van der Waals surface area contributed by atoms with Crippen LogP contribution < -0.4 is 5.32 Å². The van der Waals surface area contributed by atoms with Crippen LogP contribution in [0.2, 0.25) is 0 Å². The van der Waals surface area contributed by atoms with Gasteiger partial charge in [0.05, 0.1) is 0 Å². The van der Waals surface area contributed by atoms with E-state index in [9.17, 15) is 9.59 Å². The molecule has 0 unspecified atom stereocenters. The Hall–Kier alpha value is -2.62. The first-order valence-corrected chi connectivity index (χ1v) is 8.91. The number of likely N-dealkylation sites (tertiary alicyclic amines) is 1. The molecule has 1 aliphatic rings. The van der Waals surface area contributed by atoms with E-state index in [0.717, 1.165) is 37.1 Å². The molecule has 1 atom stereocenters. The molecule has 130 valence electrons. The maximum absolute atomic E-state index is 12.9. The fraction of sp³-hybridized carbons (Fsp3) is 0.333. The van der Waals surface area contributed by atoms with Gasteiger partial charge in [-0.2, -0.15) is 0 Å². The molecule has 0 bridgehead atoms. The molecule has 1 fully saturated rings. The third kappa shape index (κ3) is 4.69. The molecule has 0 aromatic heterocycles. The molecule has 1 aliphatic heterocycles. The van der Waals surface area contributed by atoms with E-state index in [4.69, 9.17) is 0 Å². The van der Waals surface area contributed by atoms with Gasteiger partial charge in [-0.3, -0.25) is 9.59 Å². The topological polar surface area (TPSA) is 49.4 Å². The zero-order valence-corrected chi connectivity index (χ0v) is 14.4. The minimum absolute atomic E-state index is 0.00300. The van der Waals surface area contributed by atoms with Gasteiger partial charge < -0.3 is 10.2 Å². The lowest BCUT2D eigenvalue weighted by Crippen LogP contribution is -2.41. The van der Waals surface area contributed by atoms with Gasteiger partial charge in [0.15, 0.2) is 0 Å². The Morgan fingerprint density at radius 3 is 2.16 bits per heavy atom. The lowest BCUT2D eigenvalue weighted by molar-refractivity contribution is -0.135. The Kier molecular flexibility index (Phi) is 5.83. The standard InChI is InChI=1S/C21H24N2O2/c24-19(14-13-17-9-3-1-4-10-17)22-20(18-11-5-2-6-12-18)21(25)23-15-7-8-16-23/h1-6,9-12,20H,7-8,13-16H2,(H,22,24)/t20-/m0/s1. The zero-order valence-electron chi connectivity index (χ0n) is 14.4. The Bertz CT molecular complexity index is 694. The molecular formula is C21H24N2O2. The summed E-state index contributed by atoms with van der Waals surface area (Å²) in [7, 11) is 0. The van der Waals surface area contributed by atoms with E-state index in [-0.39, 0.29) is 11.8 Å². The summed E-state index contributed by atoms with van der Waals surface area (Å²) in [5.41, 5.74) is 1.97. The second-order valence-electron chi connectivity index (χ2n) is 6.43. The number of carbonyl (C=O) groups is 2. The van der Waals surface area contributed by atoms with Crippen LogP contribution in [-0.2, 0) is 16.0 Å². The van der Waals surface area contributed by atoms with Crippen molar-refractivity contribution in [3.63, 3.8) is 0 Å². The smallest absolute Gasteiger partial charge is 0.249 e. The van der Waals surface area contributed by atoms with Crippen LogP contribution in [0.5, 0.6) is 0 Å². The number of benzene rings is 2. The summed E-state index contributed by atoms with van der Waals surface area (Å²) >= 11 is 0. The molecule has 2 aromatic carbocycles. The molecule has 0 aliphatic carbocycles. The molecule has 0 saturated carbocycles. The highest BCUT2D eigenvalue weighted by molar-refractivity contribution is 5.88. The van der Waals surface area contributed by atoms with Gasteiger partial charge in [0.2, 0.25) is 11.8 Å². The first kappa shape index (κ1) is 17.2. The first-order chi connectivity index (χ1) is 12.2. The summed E-state index contributed by atoms with van der Waals surface area (Å²) in [5, 5.41) is 2.95. The monoisotopic (exact) mass is 336 g/mol. The average Bonchev–Trinajstić information content (AvgIpc) is 3.20. The Morgan fingerprint density at radius 2 is 1.52 bits per heavy atom. The van der Waals surface area contributed by atoms with Crippen molar-refractivity contribution in [2.24, 2.45) is 0 Å². The lowest BCUT2D eigenvalue weighted by atomic mass is 10.0. The quantitative estimate of drug-likeness (QED) is 0.881. The van der Waals surface area contributed by atoms with E-state index in [2.05, 4.69) is 5.32 Å². The molecule has 2 aromatic rings. The summed E-state index contributed by atoms with van der Waals surface area (Å²) in [6.07, 6.45) is 3.12. The van der Waals surface area contributed by atoms with Crippen molar-refractivity contribution >= 4 is 11.8 Å². The SMILES string of the molecule is O=C(CCc1ccccc1)N[C@H](C(=O)N1CCCC1)c1ccccc1. The highest BCUT2D eigenvalue weighted by atomic mass is 16.2. The maximum atomic E-state index is 12.9. The number of aryl methyl sites for hydroxylation is 1. The number of hydrogen-bond acceptors (Lipinski definition) is 2. The normalized spacial score (nSPS) is 15.0. The number of carbonyl (C=O) groups excluding carboxylic acids is 2. The molecule has 4 heteroatoms. The first-order valence-electron chi connectivity index (χ1n) is 8.91. The third-order valence-corrected chi connectivity index (χ3v) is 4.59. The van der Waals surface area contributed by atoms with E-state index < -0.39 is 6.04 Å². The number of nitrogens with one attached hydrogen (secondary N) is 1. The number of amides is 2. The number of hydrogen-bond donors (Lipinski definition) is 1. The van der Waals surface area contributed by atoms with Crippen molar-refractivity contribution in [1.29, 1.82) is 0 Å². The molecular weight excluding hydrogens is 312 g/mol. The molecule has 2 amide bonds. The van der Waals surface area contributed by atoms with Crippen molar-refractivity contribution in [2.75, 3.05) is 13.1 Å². The summed E-state index contributed by atoms with van der Waals surface area (Å²) in [5.74, 6) is -0.0954. The number of nitrogens with zero attached hydrogens (tertiary/aromatic N) is 1. The predicted octanol–water partition coefficient (Wildman–Crippen LogP) is 3.10. The highest BCUT2D eigenvalue weighted by Crippen LogP contribution is 2.19. The van der Waals surface area contributed by atoms with Crippen LogP contribution in [-0.4, -0.2) is 29.8 Å². The Labute approximate surface area is 148 Å². The lowest BCUT2D eigenvalue weighted by Gasteiger charge is -2.24. The van der Waals surface area contributed by atoms with Crippen molar-refractivity contribution in [1.82, 2.24) is 10.2 Å². The molecule has 3 rings (SSSR count). The van der Waals surface area contributed by atoms with Crippen LogP contribution in [0, 0.1) is 0 Å². The van der Waals surface area contributed by atoms with E-state index in [0.29, 0.717) is 12.8 Å². The van der Waals surface area contributed by atoms with Crippen LogP contribution >= 0.6 is 0 Å². The Morgan fingerprint density at radius 1 is 0.920 bits per heavy atom. The summed E-state index contributed by atoms with van der Waals surface area (Å²) in [6.45, 7) is 1.56. The molecule has 1 heterocycles. The van der Waals surface area contributed by atoms with Crippen LogP contribution in [0.25, 0.3) is 0 Å². The molecule has 4 nitrogen and oxygen atoms in total. The minimum atomic E-state index is -0.595. The van der Waals surface area contributed by atoms with Gasteiger partial charge in [0.1, 0.15) is 6.04 Å². The molecule has 1 N–H and O–H groups in total. The van der Waals surface area contributed by atoms with Crippen molar-refractivity contribution in [3.05, 3.63) is 71.8 Å². The van der Waals surface area contributed by atoms with E-state index >= 15 is 0 Å². The van der Waals surface area contributed by atoms with Crippen molar-refractivity contribution in [3.8, 4) is 0 Å². The van der Waals surface area contributed by atoms with Gasteiger partial charge in [-0.05, 0) is 30.4 Å². The highest BCUT2D eigenvalue weighted by Gasteiger charge is 2.28.